The predicted molar refractivity (Wildman–Crippen MR) is 86.5 cm³/mol. The SMILES string of the molecule is O=C(O)c1cc(Cl)nc(Oc2cnc(N3CCCCC3)c(F)c2)c1. The first-order valence-corrected chi connectivity index (χ1v) is 7.90. The molecule has 1 aliphatic heterocycles. The first-order chi connectivity index (χ1) is 11.5. The third kappa shape index (κ3) is 3.73. The Hall–Kier alpha value is -2.41. The van der Waals surface area contributed by atoms with Gasteiger partial charge in [-0.25, -0.2) is 19.2 Å². The highest BCUT2D eigenvalue weighted by molar-refractivity contribution is 6.29. The molecule has 1 fully saturated rings. The van der Waals surface area contributed by atoms with Gasteiger partial charge in [0.25, 0.3) is 0 Å². The van der Waals surface area contributed by atoms with Crippen molar-refractivity contribution < 1.29 is 19.0 Å². The van der Waals surface area contributed by atoms with Gasteiger partial charge in [0.15, 0.2) is 17.4 Å². The number of hydrogen-bond acceptors (Lipinski definition) is 5. The van der Waals surface area contributed by atoms with Crippen LogP contribution in [0.15, 0.2) is 24.4 Å². The number of ether oxygens (including phenoxy) is 1. The van der Waals surface area contributed by atoms with E-state index in [4.69, 9.17) is 21.4 Å². The minimum atomic E-state index is -1.16. The number of rotatable bonds is 4. The Bertz CT molecular complexity index is 766. The van der Waals surface area contributed by atoms with E-state index in [-0.39, 0.29) is 22.3 Å². The number of halogens is 2. The smallest absolute Gasteiger partial charge is 0.335 e. The van der Waals surface area contributed by atoms with Crippen LogP contribution in [-0.2, 0) is 0 Å². The fourth-order valence-electron chi connectivity index (χ4n) is 2.58. The first-order valence-electron chi connectivity index (χ1n) is 7.52. The second kappa shape index (κ2) is 7.00. The predicted octanol–water partition coefficient (Wildman–Crippen LogP) is 3.75. The van der Waals surface area contributed by atoms with Gasteiger partial charge in [-0.2, -0.15) is 0 Å². The molecule has 8 heteroatoms. The van der Waals surface area contributed by atoms with Crippen LogP contribution >= 0.6 is 11.6 Å². The first kappa shape index (κ1) is 16.4. The molecule has 0 spiro atoms. The molecule has 0 amide bonds. The molecule has 0 saturated carbocycles. The summed E-state index contributed by atoms with van der Waals surface area (Å²) in [6.45, 7) is 1.56. The van der Waals surface area contributed by atoms with Crippen LogP contribution in [0, 0.1) is 5.82 Å². The van der Waals surface area contributed by atoms with Crippen LogP contribution in [0.1, 0.15) is 29.6 Å². The minimum Gasteiger partial charge on any atom is -0.478 e. The molecule has 0 aliphatic carbocycles. The highest BCUT2D eigenvalue weighted by atomic mass is 35.5. The fourth-order valence-corrected chi connectivity index (χ4v) is 2.78. The van der Waals surface area contributed by atoms with Gasteiger partial charge in [0, 0.05) is 25.2 Å². The average Bonchev–Trinajstić information content (AvgIpc) is 2.55. The number of pyridine rings is 2. The number of carboxylic acids is 1. The van der Waals surface area contributed by atoms with Crippen molar-refractivity contribution >= 4 is 23.4 Å². The second-order valence-corrected chi connectivity index (χ2v) is 5.84. The second-order valence-electron chi connectivity index (χ2n) is 5.45. The molecule has 0 bridgehead atoms. The number of anilines is 1. The van der Waals surface area contributed by atoms with E-state index in [1.165, 1.54) is 24.4 Å². The maximum atomic E-state index is 14.3. The minimum absolute atomic E-state index is 0.0248. The molecule has 3 heterocycles. The van der Waals surface area contributed by atoms with Crippen LogP contribution in [0.4, 0.5) is 10.2 Å². The van der Waals surface area contributed by atoms with Crippen molar-refractivity contribution in [3.8, 4) is 11.6 Å². The normalized spacial score (nSPS) is 14.5. The number of aromatic carboxylic acids is 1. The number of carboxylic acid groups (broad SMARTS) is 1. The molecule has 6 nitrogen and oxygen atoms in total. The van der Waals surface area contributed by atoms with Crippen molar-refractivity contribution in [2.75, 3.05) is 18.0 Å². The fraction of sp³-hybridized carbons (Fsp3) is 0.312. The molecule has 126 valence electrons. The van der Waals surface area contributed by atoms with Gasteiger partial charge < -0.3 is 14.7 Å². The third-order valence-electron chi connectivity index (χ3n) is 3.69. The molecule has 1 saturated heterocycles. The van der Waals surface area contributed by atoms with Crippen LogP contribution < -0.4 is 9.64 Å². The van der Waals surface area contributed by atoms with E-state index in [0.29, 0.717) is 5.82 Å². The van der Waals surface area contributed by atoms with E-state index in [0.717, 1.165) is 32.4 Å². The number of carbonyl (C=O) groups is 1. The lowest BCUT2D eigenvalue weighted by molar-refractivity contribution is 0.0696. The molecule has 0 unspecified atom stereocenters. The highest BCUT2D eigenvalue weighted by Gasteiger charge is 2.17. The summed E-state index contributed by atoms with van der Waals surface area (Å²) in [5.74, 6) is -1.26. The summed E-state index contributed by atoms with van der Waals surface area (Å²) in [7, 11) is 0. The number of aromatic nitrogens is 2. The Morgan fingerprint density at radius 1 is 1.25 bits per heavy atom. The lowest BCUT2D eigenvalue weighted by Crippen LogP contribution is -2.30. The molecule has 0 atom stereocenters. The van der Waals surface area contributed by atoms with Crippen LogP contribution in [0.2, 0.25) is 5.15 Å². The van der Waals surface area contributed by atoms with Gasteiger partial charge in [-0.05, 0) is 25.3 Å². The zero-order valence-electron chi connectivity index (χ0n) is 12.7. The van der Waals surface area contributed by atoms with Crippen molar-refractivity contribution in [1.29, 1.82) is 0 Å². The van der Waals surface area contributed by atoms with Crippen molar-refractivity contribution in [2.45, 2.75) is 19.3 Å². The average molecular weight is 352 g/mol. The third-order valence-corrected chi connectivity index (χ3v) is 3.89. The molecule has 0 aromatic carbocycles. The van der Waals surface area contributed by atoms with Crippen molar-refractivity contribution in [2.24, 2.45) is 0 Å². The zero-order chi connectivity index (χ0) is 17.1. The van der Waals surface area contributed by atoms with Crippen LogP contribution in [0.3, 0.4) is 0 Å². The van der Waals surface area contributed by atoms with Crippen molar-refractivity contribution in [1.82, 2.24) is 9.97 Å². The van der Waals surface area contributed by atoms with E-state index in [1.807, 2.05) is 4.90 Å². The summed E-state index contributed by atoms with van der Waals surface area (Å²) in [6.07, 6.45) is 4.56. The summed E-state index contributed by atoms with van der Waals surface area (Å²) in [5.41, 5.74) is -0.0663. The molecule has 1 aliphatic rings. The van der Waals surface area contributed by atoms with Crippen molar-refractivity contribution in [3.63, 3.8) is 0 Å². The lowest BCUT2D eigenvalue weighted by Gasteiger charge is -2.27. The van der Waals surface area contributed by atoms with Gasteiger partial charge in [0.05, 0.1) is 11.8 Å². The molecule has 2 aromatic rings. The molecule has 1 N–H and O–H groups in total. The molecule has 2 aromatic heterocycles. The summed E-state index contributed by atoms with van der Waals surface area (Å²) < 4.78 is 19.7. The molecule has 3 rings (SSSR count). The van der Waals surface area contributed by atoms with Crippen LogP contribution in [-0.4, -0.2) is 34.1 Å². The maximum Gasteiger partial charge on any atom is 0.335 e. The standard InChI is InChI=1S/C16H15ClFN3O3/c17-13-6-10(16(22)23)7-14(20-13)24-11-8-12(18)15(19-9-11)21-4-2-1-3-5-21/h6-9H,1-5H2,(H,22,23). The Morgan fingerprint density at radius 2 is 2.00 bits per heavy atom. The topological polar surface area (TPSA) is 75.5 Å². The Morgan fingerprint density at radius 3 is 2.67 bits per heavy atom. The van der Waals surface area contributed by atoms with Crippen LogP contribution in [0.5, 0.6) is 11.6 Å². The summed E-state index contributed by atoms with van der Waals surface area (Å²) >= 11 is 5.77. The Balaban J connectivity index is 1.81. The molecular weight excluding hydrogens is 337 g/mol. The van der Waals surface area contributed by atoms with E-state index >= 15 is 0 Å². The molecule has 24 heavy (non-hydrogen) atoms. The highest BCUT2D eigenvalue weighted by Crippen LogP contribution is 2.27. The molecule has 0 radical (unpaired) electrons. The Labute approximate surface area is 142 Å². The monoisotopic (exact) mass is 351 g/mol. The van der Waals surface area contributed by atoms with E-state index in [9.17, 15) is 9.18 Å². The van der Waals surface area contributed by atoms with E-state index in [2.05, 4.69) is 9.97 Å². The van der Waals surface area contributed by atoms with Gasteiger partial charge in [-0.3, -0.25) is 0 Å². The summed E-state index contributed by atoms with van der Waals surface area (Å²) in [6, 6.07) is 3.62. The summed E-state index contributed by atoms with van der Waals surface area (Å²) in [4.78, 5) is 20.9. The number of piperidine rings is 1. The van der Waals surface area contributed by atoms with Gasteiger partial charge in [0.1, 0.15) is 5.15 Å². The number of hydrogen-bond donors (Lipinski definition) is 1. The van der Waals surface area contributed by atoms with Crippen molar-refractivity contribution in [3.05, 3.63) is 40.9 Å². The van der Waals surface area contributed by atoms with Gasteiger partial charge >= 0.3 is 5.97 Å². The lowest BCUT2D eigenvalue weighted by atomic mass is 10.1. The van der Waals surface area contributed by atoms with Gasteiger partial charge in [0.2, 0.25) is 5.88 Å². The largest absolute Gasteiger partial charge is 0.478 e. The van der Waals surface area contributed by atoms with Gasteiger partial charge in [-0.1, -0.05) is 11.6 Å². The van der Waals surface area contributed by atoms with Crippen LogP contribution in [0.25, 0.3) is 0 Å². The Kier molecular flexibility index (Phi) is 4.80. The molecular formula is C16H15ClFN3O3. The maximum absolute atomic E-state index is 14.3. The van der Waals surface area contributed by atoms with Gasteiger partial charge in [-0.15, -0.1) is 0 Å². The quantitative estimate of drug-likeness (QED) is 0.845. The van der Waals surface area contributed by atoms with E-state index in [1.54, 1.807) is 0 Å². The zero-order valence-corrected chi connectivity index (χ0v) is 13.5. The van der Waals surface area contributed by atoms with E-state index < -0.39 is 11.8 Å². The summed E-state index contributed by atoms with van der Waals surface area (Å²) in [5, 5.41) is 8.98. The number of nitrogens with zero attached hydrogens (tertiary/aromatic N) is 3.